The highest BCUT2D eigenvalue weighted by Crippen LogP contribution is 2.29. The second-order valence-electron chi connectivity index (χ2n) is 6.24. The van der Waals surface area contributed by atoms with E-state index in [1.807, 2.05) is 36.3 Å². The van der Waals surface area contributed by atoms with Crippen LogP contribution in [0.5, 0.6) is 0 Å². The number of carbonyl (C=O) groups is 1. The topological polar surface area (TPSA) is 85.3 Å². The quantitative estimate of drug-likeness (QED) is 0.713. The van der Waals surface area contributed by atoms with Gasteiger partial charge in [-0.05, 0) is 31.7 Å². The van der Waals surface area contributed by atoms with Crippen LogP contribution in [0.4, 0.5) is 0 Å². The van der Waals surface area contributed by atoms with Crippen molar-refractivity contribution in [3.05, 3.63) is 40.4 Å². The van der Waals surface area contributed by atoms with E-state index in [1.54, 1.807) is 11.3 Å². The SMILES string of the molecule is Cc1noc(C)c1CC(=O)N1CC[C@@H](c2noc(-c3cccs3)n2)C1. The van der Waals surface area contributed by atoms with Gasteiger partial charge in [0, 0.05) is 24.6 Å². The van der Waals surface area contributed by atoms with Crippen molar-refractivity contribution in [2.24, 2.45) is 0 Å². The second-order valence-corrected chi connectivity index (χ2v) is 7.19. The van der Waals surface area contributed by atoms with Crippen molar-refractivity contribution in [1.29, 1.82) is 0 Å². The number of hydrogen-bond acceptors (Lipinski definition) is 7. The number of rotatable bonds is 4. The molecule has 0 aliphatic carbocycles. The van der Waals surface area contributed by atoms with Crippen molar-refractivity contribution in [3.63, 3.8) is 0 Å². The zero-order chi connectivity index (χ0) is 17.4. The van der Waals surface area contributed by atoms with Crippen LogP contribution in [0.2, 0.25) is 0 Å². The maximum atomic E-state index is 12.6. The van der Waals surface area contributed by atoms with Crippen molar-refractivity contribution in [3.8, 4) is 10.8 Å². The molecule has 25 heavy (non-hydrogen) atoms. The molecule has 1 fully saturated rings. The molecule has 1 saturated heterocycles. The van der Waals surface area contributed by atoms with Gasteiger partial charge in [-0.2, -0.15) is 4.98 Å². The number of carbonyl (C=O) groups excluding carboxylic acids is 1. The Morgan fingerprint density at radius 1 is 1.36 bits per heavy atom. The molecule has 4 heterocycles. The van der Waals surface area contributed by atoms with E-state index < -0.39 is 0 Å². The molecule has 1 atom stereocenters. The Hall–Kier alpha value is -2.48. The lowest BCUT2D eigenvalue weighted by molar-refractivity contribution is -0.129. The molecule has 4 rings (SSSR count). The molecule has 0 bridgehead atoms. The Balaban J connectivity index is 1.42. The summed E-state index contributed by atoms with van der Waals surface area (Å²) in [6.07, 6.45) is 1.16. The van der Waals surface area contributed by atoms with Gasteiger partial charge in [0.05, 0.1) is 17.0 Å². The van der Waals surface area contributed by atoms with Crippen molar-refractivity contribution in [1.82, 2.24) is 20.2 Å². The summed E-state index contributed by atoms with van der Waals surface area (Å²) in [6.45, 7) is 5.01. The zero-order valence-corrected chi connectivity index (χ0v) is 14.9. The Morgan fingerprint density at radius 2 is 2.24 bits per heavy atom. The van der Waals surface area contributed by atoms with Gasteiger partial charge in [0.25, 0.3) is 5.89 Å². The summed E-state index contributed by atoms with van der Waals surface area (Å²) < 4.78 is 10.5. The molecule has 1 aliphatic rings. The molecule has 0 saturated carbocycles. The Kier molecular flexibility index (Phi) is 4.12. The molecule has 8 heteroatoms. The third kappa shape index (κ3) is 3.09. The van der Waals surface area contributed by atoms with Crippen LogP contribution in [0.3, 0.4) is 0 Å². The van der Waals surface area contributed by atoms with Gasteiger partial charge in [-0.15, -0.1) is 11.3 Å². The van der Waals surface area contributed by atoms with Gasteiger partial charge < -0.3 is 13.9 Å². The predicted octanol–water partition coefficient (Wildman–Crippen LogP) is 2.96. The monoisotopic (exact) mass is 358 g/mol. The fraction of sp³-hybridized carbons (Fsp3) is 0.412. The van der Waals surface area contributed by atoms with Gasteiger partial charge in [-0.1, -0.05) is 16.4 Å². The summed E-state index contributed by atoms with van der Waals surface area (Å²) >= 11 is 1.57. The smallest absolute Gasteiger partial charge is 0.267 e. The fourth-order valence-electron chi connectivity index (χ4n) is 3.12. The molecule has 0 spiro atoms. The average molecular weight is 358 g/mol. The van der Waals surface area contributed by atoms with Crippen LogP contribution in [-0.2, 0) is 11.2 Å². The molecule has 0 N–H and O–H groups in total. The van der Waals surface area contributed by atoms with Crippen LogP contribution < -0.4 is 0 Å². The molecule has 1 aliphatic heterocycles. The minimum Gasteiger partial charge on any atom is -0.361 e. The molecule has 0 unspecified atom stereocenters. The van der Waals surface area contributed by atoms with Crippen LogP contribution in [0.25, 0.3) is 10.8 Å². The number of hydrogen-bond donors (Lipinski definition) is 0. The first-order chi connectivity index (χ1) is 12.1. The predicted molar refractivity (Wildman–Crippen MR) is 91.2 cm³/mol. The number of aryl methyl sites for hydroxylation is 2. The number of thiophene rings is 1. The van der Waals surface area contributed by atoms with E-state index in [0.29, 0.717) is 37.0 Å². The molecule has 7 nitrogen and oxygen atoms in total. The molecule has 3 aromatic rings. The maximum Gasteiger partial charge on any atom is 0.267 e. The lowest BCUT2D eigenvalue weighted by atomic mass is 10.1. The van der Waals surface area contributed by atoms with E-state index in [-0.39, 0.29) is 11.8 Å². The van der Waals surface area contributed by atoms with Crippen molar-refractivity contribution < 1.29 is 13.8 Å². The van der Waals surface area contributed by atoms with Gasteiger partial charge in [-0.3, -0.25) is 4.79 Å². The van der Waals surface area contributed by atoms with Gasteiger partial charge in [-0.25, -0.2) is 0 Å². The van der Waals surface area contributed by atoms with Gasteiger partial charge in [0.15, 0.2) is 5.82 Å². The van der Waals surface area contributed by atoms with Crippen molar-refractivity contribution in [2.45, 2.75) is 32.6 Å². The molecular weight excluding hydrogens is 340 g/mol. The molecule has 130 valence electrons. The molecule has 3 aromatic heterocycles. The summed E-state index contributed by atoms with van der Waals surface area (Å²) in [5.74, 6) is 2.13. The van der Waals surface area contributed by atoms with E-state index in [4.69, 9.17) is 9.05 Å². The summed E-state index contributed by atoms with van der Waals surface area (Å²) in [4.78, 5) is 19.9. The van der Waals surface area contributed by atoms with Gasteiger partial charge >= 0.3 is 0 Å². The number of nitrogens with zero attached hydrogens (tertiary/aromatic N) is 4. The van der Waals surface area contributed by atoms with Gasteiger partial charge in [0.2, 0.25) is 5.91 Å². The third-order valence-electron chi connectivity index (χ3n) is 4.59. The Bertz CT molecular complexity index is 864. The molecule has 1 amide bonds. The first-order valence-corrected chi connectivity index (χ1v) is 9.07. The highest BCUT2D eigenvalue weighted by atomic mass is 32.1. The molecule has 0 aromatic carbocycles. The largest absolute Gasteiger partial charge is 0.361 e. The fourth-order valence-corrected chi connectivity index (χ4v) is 3.76. The summed E-state index contributed by atoms with van der Waals surface area (Å²) in [7, 11) is 0. The third-order valence-corrected chi connectivity index (χ3v) is 5.45. The first kappa shape index (κ1) is 16.0. The van der Waals surface area contributed by atoms with E-state index in [9.17, 15) is 4.79 Å². The van der Waals surface area contributed by atoms with Crippen LogP contribution in [0, 0.1) is 13.8 Å². The number of aromatic nitrogens is 3. The standard InChI is InChI=1S/C17H18N4O3S/c1-10-13(11(2)23-19-10)8-15(22)21-6-5-12(9-21)16-18-17(24-20-16)14-4-3-7-25-14/h3-4,7,12H,5-6,8-9H2,1-2H3/t12-/m1/s1. The summed E-state index contributed by atoms with van der Waals surface area (Å²) in [6, 6.07) is 3.91. The van der Waals surface area contributed by atoms with Crippen LogP contribution >= 0.6 is 11.3 Å². The lowest BCUT2D eigenvalue weighted by Gasteiger charge is -2.15. The second kappa shape index (κ2) is 6.44. The van der Waals surface area contributed by atoms with Crippen molar-refractivity contribution in [2.75, 3.05) is 13.1 Å². The van der Waals surface area contributed by atoms with E-state index >= 15 is 0 Å². The lowest BCUT2D eigenvalue weighted by Crippen LogP contribution is -2.30. The summed E-state index contributed by atoms with van der Waals surface area (Å²) in [5.41, 5.74) is 1.66. The average Bonchev–Trinajstić information content (AvgIpc) is 3.36. The maximum absolute atomic E-state index is 12.6. The minimum absolute atomic E-state index is 0.0823. The molecule has 0 radical (unpaired) electrons. The Labute approximate surface area is 148 Å². The molecular formula is C17H18N4O3S. The minimum atomic E-state index is 0.0823. The zero-order valence-electron chi connectivity index (χ0n) is 14.1. The van der Waals surface area contributed by atoms with E-state index in [2.05, 4.69) is 15.3 Å². The van der Waals surface area contributed by atoms with Crippen LogP contribution in [-0.4, -0.2) is 39.2 Å². The van der Waals surface area contributed by atoms with Gasteiger partial charge in [0.1, 0.15) is 5.76 Å². The van der Waals surface area contributed by atoms with Crippen LogP contribution in [0.1, 0.15) is 35.2 Å². The Morgan fingerprint density at radius 3 is 2.96 bits per heavy atom. The van der Waals surface area contributed by atoms with Crippen LogP contribution in [0.15, 0.2) is 26.6 Å². The normalized spacial score (nSPS) is 17.4. The highest BCUT2D eigenvalue weighted by molar-refractivity contribution is 7.13. The first-order valence-electron chi connectivity index (χ1n) is 8.19. The number of likely N-dealkylation sites (tertiary alicyclic amines) is 1. The van der Waals surface area contributed by atoms with Crippen molar-refractivity contribution >= 4 is 17.2 Å². The summed E-state index contributed by atoms with van der Waals surface area (Å²) in [5, 5.41) is 9.99. The number of amides is 1. The van der Waals surface area contributed by atoms with E-state index in [0.717, 1.165) is 22.6 Å². The van der Waals surface area contributed by atoms with E-state index in [1.165, 1.54) is 0 Å². The highest BCUT2D eigenvalue weighted by Gasteiger charge is 2.31.